The van der Waals surface area contributed by atoms with Crippen molar-refractivity contribution in [1.82, 2.24) is 9.88 Å². The van der Waals surface area contributed by atoms with Crippen LogP contribution in [0.25, 0.3) is 10.9 Å². The summed E-state index contributed by atoms with van der Waals surface area (Å²) in [6.07, 6.45) is -0.280. The van der Waals surface area contributed by atoms with Gasteiger partial charge in [-0.05, 0) is 63.6 Å². The van der Waals surface area contributed by atoms with E-state index in [1.54, 1.807) is 17.0 Å². The van der Waals surface area contributed by atoms with Gasteiger partial charge in [0, 0.05) is 58.9 Å². The highest BCUT2D eigenvalue weighted by atomic mass is 16.6. The summed E-state index contributed by atoms with van der Waals surface area (Å²) in [5.41, 5.74) is 4.72. The fourth-order valence-electron chi connectivity index (χ4n) is 5.50. The van der Waals surface area contributed by atoms with Gasteiger partial charge in [0.2, 0.25) is 0 Å². The lowest BCUT2D eigenvalue weighted by Gasteiger charge is -2.42. The van der Waals surface area contributed by atoms with Gasteiger partial charge < -0.3 is 19.5 Å². The van der Waals surface area contributed by atoms with E-state index in [1.807, 2.05) is 39.0 Å². The van der Waals surface area contributed by atoms with E-state index < -0.39 is 11.0 Å². The maximum Gasteiger partial charge on any atom is 0.410 e. The molecule has 1 unspecified atom stereocenters. The minimum atomic E-state index is -0.522. The van der Waals surface area contributed by atoms with Crippen molar-refractivity contribution in [2.24, 2.45) is 0 Å². The van der Waals surface area contributed by atoms with Crippen LogP contribution in [0.1, 0.15) is 74.3 Å². The molecule has 5 rings (SSSR count). The first-order chi connectivity index (χ1) is 16.9. The maximum atomic E-state index is 13.7. The van der Waals surface area contributed by atoms with Gasteiger partial charge in [-0.15, -0.1) is 0 Å². The summed E-state index contributed by atoms with van der Waals surface area (Å²) in [5.74, 6) is 0.00428. The SMILES string of the molecule is CC1CN(C(=O)OC(C)(C)C)CCN1c1ccc2c(c1)C(C)(C)c1[nH]c3cc(C#N)ccc3c1C2=O. The van der Waals surface area contributed by atoms with Crippen LogP contribution in [0, 0.1) is 11.3 Å². The summed E-state index contributed by atoms with van der Waals surface area (Å²) in [4.78, 5) is 33.7. The maximum absolute atomic E-state index is 13.7. The number of ketones is 1. The van der Waals surface area contributed by atoms with E-state index in [1.165, 1.54) is 0 Å². The van der Waals surface area contributed by atoms with Crippen molar-refractivity contribution in [3.05, 3.63) is 64.3 Å². The first-order valence-corrected chi connectivity index (χ1v) is 12.4. The molecule has 7 heteroatoms. The van der Waals surface area contributed by atoms with Crippen LogP contribution in [-0.2, 0) is 10.2 Å². The molecule has 0 spiro atoms. The van der Waals surface area contributed by atoms with E-state index in [0.717, 1.165) is 27.8 Å². The Hall–Kier alpha value is -3.79. The van der Waals surface area contributed by atoms with Crippen LogP contribution in [0.5, 0.6) is 0 Å². The minimum absolute atomic E-state index is 0.00428. The van der Waals surface area contributed by atoms with Crippen molar-refractivity contribution in [3.8, 4) is 6.07 Å². The number of carbonyl (C=O) groups excluding carboxylic acids is 2. The number of anilines is 1. The van der Waals surface area contributed by atoms with Crippen LogP contribution >= 0.6 is 0 Å². The highest BCUT2D eigenvalue weighted by Gasteiger charge is 2.40. The number of amides is 1. The molecule has 1 saturated heterocycles. The van der Waals surface area contributed by atoms with Crippen molar-refractivity contribution in [1.29, 1.82) is 5.26 Å². The molecule has 1 fully saturated rings. The Balaban J connectivity index is 1.47. The number of fused-ring (bicyclic) bond motifs is 4. The number of nitrogens with zero attached hydrogens (tertiary/aromatic N) is 3. The van der Waals surface area contributed by atoms with Crippen molar-refractivity contribution in [2.45, 2.75) is 58.6 Å². The lowest BCUT2D eigenvalue weighted by atomic mass is 9.71. The van der Waals surface area contributed by atoms with Crippen molar-refractivity contribution >= 4 is 28.5 Å². The second-order valence-corrected chi connectivity index (χ2v) is 11.4. The summed E-state index contributed by atoms with van der Waals surface area (Å²) >= 11 is 0. The third-order valence-corrected chi connectivity index (χ3v) is 7.31. The van der Waals surface area contributed by atoms with E-state index in [0.29, 0.717) is 36.3 Å². The van der Waals surface area contributed by atoms with Crippen LogP contribution in [0.3, 0.4) is 0 Å². The molecule has 36 heavy (non-hydrogen) atoms. The zero-order valence-corrected chi connectivity index (χ0v) is 21.7. The van der Waals surface area contributed by atoms with E-state index in [4.69, 9.17) is 4.74 Å². The first-order valence-electron chi connectivity index (χ1n) is 12.4. The molecule has 2 aliphatic rings. The van der Waals surface area contributed by atoms with Gasteiger partial charge in [0.15, 0.2) is 5.78 Å². The van der Waals surface area contributed by atoms with Crippen molar-refractivity contribution < 1.29 is 14.3 Å². The second-order valence-electron chi connectivity index (χ2n) is 11.4. The first kappa shape index (κ1) is 23.9. The smallest absolute Gasteiger partial charge is 0.410 e. The number of hydrogen-bond donors (Lipinski definition) is 1. The van der Waals surface area contributed by atoms with Gasteiger partial charge in [-0.2, -0.15) is 5.26 Å². The van der Waals surface area contributed by atoms with Crippen LogP contribution in [-0.4, -0.2) is 53.0 Å². The molecule has 3 aromatic rings. The van der Waals surface area contributed by atoms with Gasteiger partial charge in [0.25, 0.3) is 0 Å². The van der Waals surface area contributed by atoms with Gasteiger partial charge in [0.1, 0.15) is 5.60 Å². The van der Waals surface area contributed by atoms with Crippen LogP contribution in [0.15, 0.2) is 36.4 Å². The zero-order chi connectivity index (χ0) is 26.0. The molecule has 1 aliphatic carbocycles. The molecule has 0 radical (unpaired) electrons. The Morgan fingerprint density at radius 2 is 1.92 bits per heavy atom. The van der Waals surface area contributed by atoms with Crippen molar-refractivity contribution in [2.75, 3.05) is 24.5 Å². The molecule has 1 aromatic heterocycles. The Bertz CT molecular complexity index is 1440. The number of nitriles is 1. The lowest BCUT2D eigenvalue weighted by Crippen LogP contribution is -2.54. The second kappa shape index (κ2) is 8.12. The highest BCUT2D eigenvalue weighted by molar-refractivity contribution is 6.20. The Kier molecular flexibility index (Phi) is 5.40. The van der Waals surface area contributed by atoms with Crippen LogP contribution < -0.4 is 4.90 Å². The predicted molar refractivity (Wildman–Crippen MR) is 140 cm³/mol. The number of hydrogen-bond acceptors (Lipinski definition) is 5. The van der Waals surface area contributed by atoms with Crippen molar-refractivity contribution in [3.63, 3.8) is 0 Å². The number of ether oxygens (including phenoxy) is 1. The monoisotopic (exact) mass is 484 g/mol. The van der Waals surface area contributed by atoms with Gasteiger partial charge in [-0.3, -0.25) is 4.79 Å². The minimum Gasteiger partial charge on any atom is -0.444 e. The molecule has 1 N–H and O–H groups in total. The van der Waals surface area contributed by atoms with Gasteiger partial charge in [-0.25, -0.2) is 4.79 Å². The number of aromatic amines is 1. The molecule has 186 valence electrons. The fourth-order valence-corrected chi connectivity index (χ4v) is 5.50. The van der Waals surface area contributed by atoms with Gasteiger partial charge in [0.05, 0.1) is 17.2 Å². The summed E-state index contributed by atoms with van der Waals surface area (Å²) in [5, 5.41) is 10.2. The summed E-state index contributed by atoms with van der Waals surface area (Å²) in [6.45, 7) is 13.8. The Morgan fingerprint density at radius 3 is 2.58 bits per heavy atom. The molecular formula is C29H32N4O3. The summed E-state index contributed by atoms with van der Waals surface area (Å²) in [6, 6.07) is 13.8. The van der Waals surface area contributed by atoms with Crippen LogP contribution in [0.4, 0.5) is 10.5 Å². The molecule has 1 amide bonds. The molecular weight excluding hydrogens is 452 g/mol. The van der Waals surface area contributed by atoms with Gasteiger partial charge in [-0.1, -0.05) is 19.9 Å². The van der Waals surface area contributed by atoms with E-state index >= 15 is 0 Å². The number of carbonyl (C=O) groups is 2. The number of nitrogens with one attached hydrogen (secondary N) is 1. The number of piperazine rings is 1. The molecule has 7 nitrogen and oxygen atoms in total. The largest absolute Gasteiger partial charge is 0.444 e. The predicted octanol–water partition coefficient (Wildman–Crippen LogP) is 5.36. The van der Waals surface area contributed by atoms with Gasteiger partial charge >= 0.3 is 6.09 Å². The molecule has 0 bridgehead atoms. The van der Waals surface area contributed by atoms with Crippen LogP contribution in [0.2, 0.25) is 0 Å². The highest BCUT2D eigenvalue weighted by Crippen LogP contribution is 2.45. The third-order valence-electron chi connectivity index (χ3n) is 7.31. The molecule has 1 aliphatic heterocycles. The third kappa shape index (κ3) is 3.81. The molecule has 1 atom stereocenters. The summed E-state index contributed by atoms with van der Waals surface area (Å²) < 4.78 is 5.56. The topological polar surface area (TPSA) is 89.4 Å². The quantitative estimate of drug-likeness (QED) is 0.503. The molecule has 2 aromatic carbocycles. The number of H-pyrrole nitrogens is 1. The number of aromatic nitrogens is 1. The van der Waals surface area contributed by atoms with E-state index in [9.17, 15) is 14.9 Å². The summed E-state index contributed by atoms with van der Waals surface area (Å²) in [7, 11) is 0. The average Bonchev–Trinajstić information content (AvgIpc) is 3.21. The molecule has 0 saturated carbocycles. The lowest BCUT2D eigenvalue weighted by molar-refractivity contribution is 0.0218. The number of rotatable bonds is 1. The normalized spacial score (nSPS) is 19.0. The fraction of sp³-hybridized carbons (Fsp3) is 0.414. The Morgan fingerprint density at radius 1 is 1.17 bits per heavy atom. The van der Waals surface area contributed by atoms with E-state index in [-0.39, 0.29) is 17.9 Å². The average molecular weight is 485 g/mol. The standard InChI is InChI=1S/C29H32N4O3/c1-17-16-32(27(35)36-28(2,3)4)11-12-33(17)19-8-10-20-22(14-19)29(5,6)26-24(25(20)34)21-9-7-18(15-30)13-23(21)31-26/h7-10,13-14,17,31H,11-12,16H2,1-6H3. The van der Waals surface area contributed by atoms with E-state index in [2.05, 4.69) is 42.8 Å². The zero-order valence-electron chi connectivity index (χ0n) is 21.7. The number of benzene rings is 2. The Labute approximate surface area is 211 Å². The molecule has 2 heterocycles.